The number of unbranched alkanes of at least 4 members (excludes halogenated alkanes) is 2. The molecule has 0 aromatic carbocycles. The predicted octanol–water partition coefficient (Wildman–Crippen LogP) is 4.32. The van der Waals surface area contributed by atoms with Crippen LogP contribution in [0.3, 0.4) is 0 Å². The molecule has 0 saturated carbocycles. The zero-order valence-corrected chi connectivity index (χ0v) is 12.0. The number of nitrogens with zero attached hydrogens (tertiary/aromatic N) is 1. The number of hydrogen-bond acceptors (Lipinski definition) is 1. The van der Waals surface area contributed by atoms with Gasteiger partial charge in [-0.1, -0.05) is 53.4 Å². The smallest absolute Gasteiger partial charge is 0.0124 e. The maximum absolute atomic E-state index is 2.70. The van der Waals surface area contributed by atoms with Crippen LogP contribution in [0.2, 0.25) is 0 Å². The Bertz CT molecular complexity index is 170. The van der Waals surface area contributed by atoms with E-state index < -0.39 is 0 Å². The third kappa shape index (κ3) is 3.00. The van der Waals surface area contributed by atoms with Crippen molar-refractivity contribution in [3.8, 4) is 0 Å². The fraction of sp³-hybridized carbons (Fsp3) is 1.00. The van der Waals surface area contributed by atoms with Crippen molar-refractivity contribution in [2.75, 3.05) is 7.05 Å². The molecule has 0 bridgehead atoms. The lowest BCUT2D eigenvalue weighted by Crippen LogP contribution is -2.34. The molecule has 1 heteroatoms. The summed E-state index contributed by atoms with van der Waals surface area (Å²) < 4.78 is 0. The van der Waals surface area contributed by atoms with Gasteiger partial charge in [0.1, 0.15) is 0 Å². The lowest BCUT2D eigenvalue weighted by atomic mass is 9.87. The molecule has 1 aliphatic rings. The minimum atomic E-state index is 0.844. The van der Waals surface area contributed by atoms with Crippen molar-refractivity contribution in [3.05, 3.63) is 0 Å². The highest BCUT2D eigenvalue weighted by atomic mass is 15.2. The molecule has 16 heavy (non-hydrogen) atoms. The molecule has 96 valence electrons. The third-order valence-electron chi connectivity index (χ3n) is 4.80. The summed E-state index contributed by atoms with van der Waals surface area (Å²) in [6.07, 6.45) is 8.28. The van der Waals surface area contributed by atoms with E-state index in [1.165, 1.54) is 38.5 Å². The van der Waals surface area contributed by atoms with Gasteiger partial charge < -0.3 is 0 Å². The fourth-order valence-electron chi connectivity index (χ4n) is 3.45. The molecule has 1 rings (SSSR count). The van der Waals surface area contributed by atoms with Crippen LogP contribution in [0.4, 0.5) is 0 Å². The highest BCUT2D eigenvalue weighted by Gasteiger charge is 2.40. The summed E-state index contributed by atoms with van der Waals surface area (Å²) in [4.78, 5) is 2.70. The second-order valence-electron chi connectivity index (χ2n) is 5.80. The SMILES string of the molecule is CCCCC1C(C)C(C)C(CCCC)N1C. The first-order chi connectivity index (χ1) is 7.63. The second-order valence-corrected chi connectivity index (χ2v) is 5.80. The average molecular weight is 225 g/mol. The Morgan fingerprint density at radius 1 is 0.812 bits per heavy atom. The van der Waals surface area contributed by atoms with Crippen LogP contribution in [0, 0.1) is 11.8 Å². The van der Waals surface area contributed by atoms with Crippen molar-refractivity contribution in [3.63, 3.8) is 0 Å². The molecule has 0 N–H and O–H groups in total. The fourth-order valence-corrected chi connectivity index (χ4v) is 3.45. The van der Waals surface area contributed by atoms with Gasteiger partial charge in [0, 0.05) is 12.1 Å². The minimum absolute atomic E-state index is 0.844. The van der Waals surface area contributed by atoms with E-state index in [1.54, 1.807) is 0 Å². The predicted molar refractivity (Wildman–Crippen MR) is 72.7 cm³/mol. The van der Waals surface area contributed by atoms with Crippen LogP contribution >= 0.6 is 0 Å². The van der Waals surface area contributed by atoms with Crippen LogP contribution in [-0.2, 0) is 0 Å². The molecular formula is C15H31N. The lowest BCUT2D eigenvalue weighted by molar-refractivity contribution is 0.199. The molecule has 0 aromatic heterocycles. The van der Waals surface area contributed by atoms with Gasteiger partial charge >= 0.3 is 0 Å². The van der Waals surface area contributed by atoms with Crippen LogP contribution < -0.4 is 0 Å². The number of rotatable bonds is 6. The molecular weight excluding hydrogens is 194 g/mol. The Morgan fingerprint density at radius 3 is 1.50 bits per heavy atom. The second kappa shape index (κ2) is 6.64. The summed E-state index contributed by atoms with van der Waals surface area (Å²) in [6.45, 7) is 9.54. The summed E-state index contributed by atoms with van der Waals surface area (Å²) in [5.41, 5.74) is 0. The molecule has 1 fully saturated rings. The highest BCUT2D eigenvalue weighted by molar-refractivity contribution is 4.94. The zero-order chi connectivity index (χ0) is 12.1. The summed E-state index contributed by atoms with van der Waals surface area (Å²) in [5, 5.41) is 0. The monoisotopic (exact) mass is 225 g/mol. The van der Waals surface area contributed by atoms with Gasteiger partial charge in [0.15, 0.2) is 0 Å². The topological polar surface area (TPSA) is 3.24 Å². The average Bonchev–Trinajstić information content (AvgIpc) is 2.47. The zero-order valence-electron chi connectivity index (χ0n) is 12.0. The van der Waals surface area contributed by atoms with Crippen molar-refractivity contribution >= 4 is 0 Å². The van der Waals surface area contributed by atoms with Crippen LogP contribution in [0.15, 0.2) is 0 Å². The van der Waals surface area contributed by atoms with E-state index >= 15 is 0 Å². The molecule has 0 amide bonds. The Labute approximate surface area is 103 Å². The number of likely N-dealkylation sites (tertiary alicyclic amines) is 1. The summed E-state index contributed by atoms with van der Waals surface area (Å²) in [7, 11) is 2.36. The van der Waals surface area contributed by atoms with E-state index in [9.17, 15) is 0 Å². The molecule has 1 aliphatic heterocycles. The Hall–Kier alpha value is -0.0400. The molecule has 4 unspecified atom stereocenters. The Balaban J connectivity index is 2.54. The van der Waals surface area contributed by atoms with Gasteiger partial charge in [0.05, 0.1) is 0 Å². The minimum Gasteiger partial charge on any atom is -0.300 e. The van der Waals surface area contributed by atoms with E-state index in [4.69, 9.17) is 0 Å². The molecule has 0 radical (unpaired) electrons. The van der Waals surface area contributed by atoms with Crippen molar-refractivity contribution in [2.45, 2.75) is 78.3 Å². The molecule has 0 spiro atoms. The normalized spacial score (nSPS) is 35.8. The first-order valence-electron chi connectivity index (χ1n) is 7.35. The third-order valence-corrected chi connectivity index (χ3v) is 4.80. The number of hydrogen-bond donors (Lipinski definition) is 0. The van der Waals surface area contributed by atoms with Crippen molar-refractivity contribution in [1.29, 1.82) is 0 Å². The van der Waals surface area contributed by atoms with Gasteiger partial charge in [0.25, 0.3) is 0 Å². The van der Waals surface area contributed by atoms with E-state index in [0.29, 0.717) is 0 Å². The largest absolute Gasteiger partial charge is 0.300 e. The van der Waals surface area contributed by atoms with Gasteiger partial charge in [-0.2, -0.15) is 0 Å². The first kappa shape index (κ1) is 14.0. The summed E-state index contributed by atoms with van der Waals surface area (Å²) in [5.74, 6) is 1.77. The molecule has 0 aliphatic carbocycles. The van der Waals surface area contributed by atoms with Gasteiger partial charge in [-0.05, 0) is 31.7 Å². The van der Waals surface area contributed by atoms with Crippen LogP contribution in [0.1, 0.15) is 66.2 Å². The quantitative estimate of drug-likeness (QED) is 0.650. The van der Waals surface area contributed by atoms with Gasteiger partial charge in [-0.15, -0.1) is 0 Å². The summed E-state index contributed by atoms with van der Waals surface area (Å²) >= 11 is 0. The van der Waals surface area contributed by atoms with E-state index in [1.807, 2.05) is 0 Å². The standard InChI is InChI=1S/C15H31N/c1-6-8-10-14-12(3)13(4)15(16(14)5)11-9-7-2/h12-15H,6-11H2,1-5H3. The van der Waals surface area contributed by atoms with E-state index in [0.717, 1.165) is 23.9 Å². The maximum Gasteiger partial charge on any atom is 0.0124 e. The first-order valence-corrected chi connectivity index (χ1v) is 7.35. The van der Waals surface area contributed by atoms with Gasteiger partial charge in [-0.3, -0.25) is 4.90 Å². The Morgan fingerprint density at radius 2 is 1.19 bits per heavy atom. The van der Waals surface area contributed by atoms with Crippen molar-refractivity contribution < 1.29 is 0 Å². The van der Waals surface area contributed by atoms with E-state index in [2.05, 4.69) is 39.6 Å². The highest BCUT2D eigenvalue weighted by Crippen LogP contribution is 2.38. The maximum atomic E-state index is 2.70. The van der Waals surface area contributed by atoms with Gasteiger partial charge in [0.2, 0.25) is 0 Å². The molecule has 4 atom stereocenters. The molecule has 1 saturated heterocycles. The van der Waals surface area contributed by atoms with E-state index in [-0.39, 0.29) is 0 Å². The lowest BCUT2D eigenvalue weighted by Gasteiger charge is -2.27. The Kier molecular flexibility index (Phi) is 5.82. The molecule has 0 aromatic rings. The summed E-state index contributed by atoms with van der Waals surface area (Å²) in [6, 6.07) is 1.69. The van der Waals surface area contributed by atoms with Crippen LogP contribution in [0.5, 0.6) is 0 Å². The molecule has 1 heterocycles. The molecule has 1 nitrogen and oxygen atoms in total. The van der Waals surface area contributed by atoms with Crippen LogP contribution in [-0.4, -0.2) is 24.0 Å². The van der Waals surface area contributed by atoms with Crippen molar-refractivity contribution in [1.82, 2.24) is 4.90 Å². The van der Waals surface area contributed by atoms with Gasteiger partial charge in [-0.25, -0.2) is 0 Å². The van der Waals surface area contributed by atoms with Crippen LogP contribution in [0.25, 0.3) is 0 Å². The van der Waals surface area contributed by atoms with Crippen molar-refractivity contribution in [2.24, 2.45) is 11.8 Å².